The molecule has 2 bridgehead atoms. The lowest BCUT2D eigenvalue weighted by atomic mass is 9.83. The third kappa shape index (κ3) is 0.963. The Hall–Kier alpha value is -1.38. The molecular formula is C10H12O3. The van der Waals surface area contributed by atoms with Gasteiger partial charge < -0.3 is 14.9 Å². The van der Waals surface area contributed by atoms with Gasteiger partial charge in [-0.1, -0.05) is 20.8 Å². The average molecular weight is 180 g/mol. The molecule has 3 rings (SSSR count). The molecule has 70 valence electrons. The SMILES string of the molecule is CC(C)(C)c1c2cc(O)c(O)c1O2. The Kier molecular flexibility index (Phi) is 1.33. The normalized spacial score (nSPS) is 13.5. The third-order valence-electron chi connectivity index (χ3n) is 2.16. The summed E-state index contributed by atoms with van der Waals surface area (Å²) in [4.78, 5) is 0. The summed E-state index contributed by atoms with van der Waals surface area (Å²) in [6.45, 7) is 6.11. The molecular weight excluding hydrogens is 168 g/mol. The van der Waals surface area contributed by atoms with E-state index in [9.17, 15) is 10.2 Å². The molecule has 1 aromatic rings. The van der Waals surface area contributed by atoms with Crippen LogP contribution < -0.4 is 4.74 Å². The Labute approximate surface area is 76.6 Å². The fraction of sp³-hybridized carbons (Fsp3) is 0.400. The molecule has 0 unspecified atom stereocenters. The Balaban J connectivity index is 2.62. The highest BCUT2D eigenvalue weighted by Crippen LogP contribution is 2.57. The summed E-state index contributed by atoms with van der Waals surface area (Å²) in [7, 11) is 0. The van der Waals surface area contributed by atoms with Gasteiger partial charge in [0.15, 0.2) is 11.5 Å². The van der Waals surface area contributed by atoms with Crippen molar-refractivity contribution in [3.05, 3.63) is 11.6 Å². The number of aromatic hydroxyl groups is 2. The highest BCUT2D eigenvalue weighted by atomic mass is 16.5. The smallest absolute Gasteiger partial charge is 0.201 e. The monoisotopic (exact) mass is 180 g/mol. The second-order valence-electron chi connectivity index (χ2n) is 4.30. The predicted molar refractivity (Wildman–Crippen MR) is 48.5 cm³/mol. The van der Waals surface area contributed by atoms with Gasteiger partial charge >= 0.3 is 0 Å². The molecule has 0 atom stereocenters. The highest BCUT2D eigenvalue weighted by molar-refractivity contribution is 5.69. The van der Waals surface area contributed by atoms with Crippen LogP contribution >= 0.6 is 0 Å². The summed E-state index contributed by atoms with van der Waals surface area (Å²) in [6.07, 6.45) is 0. The van der Waals surface area contributed by atoms with Gasteiger partial charge in [-0.05, 0) is 5.41 Å². The molecule has 13 heavy (non-hydrogen) atoms. The summed E-state index contributed by atoms with van der Waals surface area (Å²) >= 11 is 0. The lowest BCUT2D eigenvalue weighted by Crippen LogP contribution is -2.19. The molecule has 0 aliphatic carbocycles. The Morgan fingerprint density at radius 1 is 1.23 bits per heavy atom. The van der Waals surface area contributed by atoms with Crippen LogP contribution in [0.3, 0.4) is 0 Å². The number of hydrogen-bond donors (Lipinski definition) is 2. The first-order chi connectivity index (χ1) is 5.91. The second-order valence-corrected chi connectivity index (χ2v) is 4.30. The average Bonchev–Trinajstić information content (AvgIpc) is 1.88. The van der Waals surface area contributed by atoms with E-state index in [0.717, 1.165) is 5.56 Å². The lowest BCUT2D eigenvalue weighted by Gasteiger charge is -2.33. The molecule has 2 aliphatic rings. The molecule has 1 aromatic carbocycles. The van der Waals surface area contributed by atoms with Crippen LogP contribution in [0, 0.1) is 0 Å². The van der Waals surface area contributed by atoms with E-state index < -0.39 is 0 Å². The topological polar surface area (TPSA) is 49.7 Å². The zero-order chi connectivity index (χ0) is 9.80. The minimum absolute atomic E-state index is 0.0614. The maximum absolute atomic E-state index is 9.42. The van der Waals surface area contributed by atoms with Crippen LogP contribution in [-0.4, -0.2) is 10.2 Å². The molecule has 0 fully saturated rings. The Bertz CT molecular complexity index is 375. The zero-order valence-corrected chi connectivity index (χ0v) is 7.88. The maximum Gasteiger partial charge on any atom is 0.201 e. The van der Waals surface area contributed by atoms with E-state index >= 15 is 0 Å². The van der Waals surface area contributed by atoms with Crippen molar-refractivity contribution in [3.63, 3.8) is 0 Å². The first kappa shape index (κ1) is 8.23. The molecule has 2 aliphatic heterocycles. The Morgan fingerprint density at radius 2 is 1.85 bits per heavy atom. The summed E-state index contributed by atoms with van der Waals surface area (Å²) < 4.78 is 5.17. The standard InChI is InChI=1S/C10H12O3/c1-10(2,3)7-6-4-5(11)8(12)9(7)13-6/h4,11-12H,1-3H3. The molecule has 0 radical (unpaired) electrons. The number of benzene rings is 1. The van der Waals surface area contributed by atoms with Crippen LogP contribution in [0.25, 0.3) is 0 Å². The maximum atomic E-state index is 9.42. The van der Waals surface area contributed by atoms with Gasteiger partial charge in [0.05, 0.1) is 0 Å². The molecule has 0 aromatic heterocycles. The van der Waals surface area contributed by atoms with E-state index in [0.29, 0.717) is 11.5 Å². The minimum Gasteiger partial charge on any atom is -0.504 e. The van der Waals surface area contributed by atoms with Gasteiger partial charge in [0.25, 0.3) is 0 Å². The van der Waals surface area contributed by atoms with Crippen molar-refractivity contribution in [2.24, 2.45) is 0 Å². The van der Waals surface area contributed by atoms with Gasteiger partial charge in [-0.2, -0.15) is 0 Å². The summed E-state index contributed by atoms with van der Waals surface area (Å²) in [5, 5.41) is 18.6. The molecule has 3 heteroatoms. The van der Waals surface area contributed by atoms with E-state index in [1.165, 1.54) is 6.07 Å². The summed E-state index contributed by atoms with van der Waals surface area (Å²) in [5.41, 5.74) is 0.913. The molecule has 3 nitrogen and oxygen atoms in total. The van der Waals surface area contributed by atoms with Gasteiger partial charge in [0, 0.05) is 11.6 Å². The van der Waals surface area contributed by atoms with Gasteiger partial charge in [-0.3, -0.25) is 0 Å². The van der Waals surface area contributed by atoms with Crippen molar-refractivity contribution >= 4 is 0 Å². The largest absolute Gasteiger partial charge is 0.504 e. The molecule has 2 N–H and O–H groups in total. The van der Waals surface area contributed by atoms with Crippen molar-refractivity contribution in [3.8, 4) is 23.0 Å². The van der Waals surface area contributed by atoms with E-state index in [1.807, 2.05) is 20.8 Å². The van der Waals surface area contributed by atoms with Crippen molar-refractivity contribution in [1.82, 2.24) is 0 Å². The van der Waals surface area contributed by atoms with Crippen LogP contribution in [0.15, 0.2) is 6.07 Å². The van der Waals surface area contributed by atoms with Gasteiger partial charge in [-0.25, -0.2) is 0 Å². The van der Waals surface area contributed by atoms with Crippen LogP contribution in [0.4, 0.5) is 0 Å². The second kappa shape index (κ2) is 2.10. The van der Waals surface area contributed by atoms with Crippen molar-refractivity contribution < 1.29 is 14.9 Å². The number of phenols is 2. The molecule has 0 saturated heterocycles. The fourth-order valence-electron chi connectivity index (χ4n) is 1.56. The lowest BCUT2D eigenvalue weighted by molar-refractivity contribution is 0.320. The van der Waals surface area contributed by atoms with Gasteiger partial charge in [0.2, 0.25) is 5.75 Å². The quantitative estimate of drug-likeness (QED) is 0.612. The molecule has 0 saturated carbocycles. The van der Waals surface area contributed by atoms with Crippen LogP contribution in [0.2, 0.25) is 0 Å². The molecule has 0 amide bonds. The van der Waals surface area contributed by atoms with E-state index in [1.54, 1.807) is 0 Å². The fourth-order valence-corrected chi connectivity index (χ4v) is 1.56. The zero-order valence-electron chi connectivity index (χ0n) is 7.88. The first-order valence-electron chi connectivity index (χ1n) is 4.18. The number of rotatable bonds is 0. The number of phenolic OH excluding ortho intramolecular Hbond substituents is 2. The van der Waals surface area contributed by atoms with Crippen molar-refractivity contribution in [1.29, 1.82) is 0 Å². The Morgan fingerprint density at radius 3 is 2.31 bits per heavy atom. The summed E-state index contributed by atoms with van der Waals surface area (Å²) in [5.74, 6) is 0.824. The molecule has 2 heterocycles. The molecule has 0 spiro atoms. The number of hydrogen-bond acceptors (Lipinski definition) is 3. The number of fused-ring (bicyclic) bond motifs is 2. The minimum atomic E-state index is -0.153. The summed E-state index contributed by atoms with van der Waals surface area (Å²) in [6, 6.07) is 1.45. The van der Waals surface area contributed by atoms with Gasteiger partial charge in [-0.15, -0.1) is 0 Å². The van der Waals surface area contributed by atoms with E-state index in [4.69, 9.17) is 4.74 Å². The number of ether oxygens (including phenoxy) is 1. The van der Waals surface area contributed by atoms with Gasteiger partial charge in [0.1, 0.15) is 5.75 Å². The van der Waals surface area contributed by atoms with Crippen molar-refractivity contribution in [2.45, 2.75) is 26.2 Å². The predicted octanol–water partition coefficient (Wildman–Crippen LogP) is 2.50. The van der Waals surface area contributed by atoms with Crippen LogP contribution in [0.1, 0.15) is 26.3 Å². The van der Waals surface area contributed by atoms with E-state index in [-0.39, 0.29) is 16.9 Å². The first-order valence-corrected chi connectivity index (χ1v) is 4.18. The van der Waals surface area contributed by atoms with Crippen LogP contribution in [0.5, 0.6) is 23.0 Å². The highest BCUT2D eigenvalue weighted by Gasteiger charge is 2.35. The third-order valence-corrected chi connectivity index (χ3v) is 2.16. The van der Waals surface area contributed by atoms with Crippen molar-refractivity contribution in [2.75, 3.05) is 0 Å². The van der Waals surface area contributed by atoms with E-state index in [2.05, 4.69) is 0 Å². The van der Waals surface area contributed by atoms with Crippen LogP contribution in [-0.2, 0) is 5.41 Å².